The summed E-state index contributed by atoms with van der Waals surface area (Å²) >= 11 is 0. The maximum atomic E-state index is 5.12. The van der Waals surface area contributed by atoms with Gasteiger partial charge in [-0.15, -0.1) is 6.54 Å². The van der Waals surface area contributed by atoms with Crippen LogP contribution in [-0.4, -0.2) is 28.5 Å². The van der Waals surface area contributed by atoms with Crippen molar-refractivity contribution in [1.29, 1.82) is 0 Å². The SMILES string of the molecule is COCC[N-][Si](C)(C)C1C(C)C(C)C(C)C1C.[CH2-]CCC.[CH2-]CCC.[Zr+4]. The summed E-state index contributed by atoms with van der Waals surface area (Å²) in [7, 11) is 0.287. The molecule has 1 aliphatic carbocycles. The molecule has 1 rings (SSSR count). The molecule has 154 valence electrons. The first-order valence-electron chi connectivity index (χ1n) is 10.4. The van der Waals surface area contributed by atoms with Crippen LogP contribution in [0.25, 0.3) is 4.98 Å². The van der Waals surface area contributed by atoms with E-state index in [0.717, 1.165) is 55.2 Å². The van der Waals surface area contributed by atoms with Crippen molar-refractivity contribution in [3.05, 3.63) is 18.8 Å². The molecule has 0 spiro atoms. The van der Waals surface area contributed by atoms with Crippen molar-refractivity contribution in [3.8, 4) is 0 Å². The van der Waals surface area contributed by atoms with Crippen molar-refractivity contribution in [1.82, 2.24) is 0 Å². The van der Waals surface area contributed by atoms with Gasteiger partial charge in [0.05, 0.1) is 0 Å². The first-order chi connectivity index (χ1) is 11.7. The van der Waals surface area contributed by atoms with Gasteiger partial charge in [0.25, 0.3) is 0 Å². The fourth-order valence-corrected chi connectivity index (χ4v) is 7.97. The maximum Gasteiger partial charge on any atom is 4.00 e. The number of hydrogen-bond acceptors (Lipinski definition) is 1. The number of nitrogens with zero attached hydrogens (tertiary/aromatic N) is 1. The Morgan fingerprint density at radius 3 is 1.46 bits per heavy atom. The Bertz CT molecular complexity index is 280. The predicted octanol–water partition coefficient (Wildman–Crippen LogP) is 7.38. The molecule has 4 unspecified atom stereocenters. The summed E-state index contributed by atoms with van der Waals surface area (Å²) in [6, 6.07) is 0. The summed E-state index contributed by atoms with van der Waals surface area (Å²) in [5.74, 6) is 3.35. The van der Waals surface area contributed by atoms with Crippen molar-refractivity contribution >= 4 is 8.24 Å². The van der Waals surface area contributed by atoms with Gasteiger partial charge in [-0.1, -0.05) is 81.3 Å². The maximum absolute atomic E-state index is 5.12. The van der Waals surface area contributed by atoms with E-state index >= 15 is 0 Å². The van der Waals surface area contributed by atoms with E-state index in [2.05, 4.69) is 68.5 Å². The minimum atomic E-state index is -1.47. The van der Waals surface area contributed by atoms with E-state index in [1.54, 1.807) is 7.11 Å². The molecule has 0 heterocycles. The van der Waals surface area contributed by atoms with Gasteiger partial charge in [-0.3, -0.25) is 0 Å². The van der Waals surface area contributed by atoms with Crippen LogP contribution in [0.4, 0.5) is 0 Å². The quantitative estimate of drug-likeness (QED) is 0.220. The van der Waals surface area contributed by atoms with E-state index < -0.39 is 8.24 Å². The molecular formula is C22H48NOSiZr+. The smallest absolute Gasteiger partial charge is 0.663 e. The Balaban J connectivity index is -0.000000497. The number of unbranched alkanes of at least 4 members (excludes halogenated alkanes) is 2. The Morgan fingerprint density at radius 1 is 0.846 bits per heavy atom. The van der Waals surface area contributed by atoms with Crippen LogP contribution in [0.1, 0.15) is 67.2 Å². The minimum Gasteiger partial charge on any atom is -0.663 e. The van der Waals surface area contributed by atoms with Gasteiger partial charge in [-0.2, -0.15) is 12.8 Å². The third-order valence-corrected chi connectivity index (χ3v) is 9.68. The third kappa shape index (κ3) is 11.8. The minimum absolute atomic E-state index is 0. The van der Waals surface area contributed by atoms with Gasteiger partial charge in [0, 0.05) is 13.7 Å². The molecule has 0 saturated heterocycles. The van der Waals surface area contributed by atoms with Crippen molar-refractivity contribution < 1.29 is 30.9 Å². The molecule has 1 saturated carbocycles. The molecular weight excluding hydrogens is 414 g/mol. The second kappa shape index (κ2) is 18.1. The van der Waals surface area contributed by atoms with Crippen LogP contribution in [0.2, 0.25) is 18.6 Å². The van der Waals surface area contributed by atoms with Crippen LogP contribution in [0.15, 0.2) is 0 Å². The molecule has 0 aromatic carbocycles. The molecule has 4 heteroatoms. The molecule has 1 fully saturated rings. The number of methoxy groups -OCH3 is 1. The second-order valence-corrected chi connectivity index (χ2v) is 12.5. The fourth-order valence-electron chi connectivity index (χ4n) is 3.91. The van der Waals surface area contributed by atoms with Gasteiger partial charge in [0.15, 0.2) is 0 Å². The van der Waals surface area contributed by atoms with Crippen LogP contribution < -0.4 is 0 Å². The molecule has 26 heavy (non-hydrogen) atoms. The largest absolute Gasteiger partial charge is 4.00 e. The summed E-state index contributed by atoms with van der Waals surface area (Å²) in [4.78, 5) is 5.01. The molecule has 0 aromatic heterocycles. The first kappa shape index (κ1) is 31.7. The van der Waals surface area contributed by atoms with E-state index in [1.165, 1.54) is 12.8 Å². The molecule has 0 aliphatic heterocycles. The van der Waals surface area contributed by atoms with Gasteiger partial charge >= 0.3 is 26.2 Å². The van der Waals surface area contributed by atoms with Gasteiger partial charge in [-0.25, -0.2) is 0 Å². The Morgan fingerprint density at radius 2 is 1.19 bits per heavy atom. The zero-order chi connectivity index (χ0) is 20.0. The Hall–Kier alpha value is 1.02. The van der Waals surface area contributed by atoms with Crippen LogP contribution in [-0.2, 0) is 30.9 Å². The topological polar surface area (TPSA) is 23.3 Å². The standard InChI is InChI=1S/C14H30NOSi.2C4H9.Zr/c1-10-11(2)13(4)14(12(10)3)17(6,7)15-8-9-16-5;2*1-3-4-2;/h10-14H,8-9H2,1-7H3;2*1,3-4H2,2H3;/q3*-1;+4. The van der Waals surface area contributed by atoms with Crippen molar-refractivity contribution in [2.24, 2.45) is 23.7 Å². The van der Waals surface area contributed by atoms with Crippen molar-refractivity contribution in [2.75, 3.05) is 20.3 Å². The Kier molecular flexibility index (Phi) is 22.0. The zero-order valence-corrected chi connectivity index (χ0v) is 22.9. The van der Waals surface area contributed by atoms with Crippen LogP contribution in [0.5, 0.6) is 0 Å². The number of ether oxygens (including phenoxy) is 1. The molecule has 0 radical (unpaired) electrons. The van der Waals surface area contributed by atoms with Crippen LogP contribution in [0, 0.1) is 37.5 Å². The van der Waals surface area contributed by atoms with Crippen molar-refractivity contribution in [2.45, 2.75) is 85.9 Å². The predicted molar refractivity (Wildman–Crippen MR) is 119 cm³/mol. The van der Waals surface area contributed by atoms with Gasteiger partial charge in [-0.05, 0) is 23.7 Å². The second-order valence-electron chi connectivity index (χ2n) is 8.20. The first-order valence-corrected chi connectivity index (χ1v) is 13.4. The van der Waals surface area contributed by atoms with Crippen molar-refractivity contribution in [3.63, 3.8) is 0 Å². The van der Waals surface area contributed by atoms with Gasteiger partial charge in [0.1, 0.15) is 0 Å². The normalized spacial score (nSPS) is 27.6. The number of rotatable bonds is 7. The average Bonchev–Trinajstić information content (AvgIpc) is 2.79. The van der Waals surface area contributed by atoms with E-state index in [9.17, 15) is 0 Å². The van der Waals surface area contributed by atoms with Gasteiger partial charge < -0.3 is 23.6 Å². The third-order valence-electron chi connectivity index (χ3n) is 5.96. The van der Waals surface area contributed by atoms with Crippen LogP contribution >= 0.6 is 0 Å². The Labute approximate surface area is 187 Å². The summed E-state index contributed by atoms with van der Waals surface area (Å²) in [5.41, 5.74) is 0.837. The fraction of sp³-hybridized carbons (Fsp3) is 0.909. The van der Waals surface area contributed by atoms with Gasteiger partial charge in [0.2, 0.25) is 0 Å². The molecule has 0 N–H and O–H groups in total. The van der Waals surface area contributed by atoms with E-state index in [0.29, 0.717) is 0 Å². The molecule has 2 nitrogen and oxygen atoms in total. The molecule has 0 aromatic rings. The summed E-state index contributed by atoms with van der Waals surface area (Å²) < 4.78 is 5.12. The summed E-state index contributed by atoms with van der Waals surface area (Å²) in [6.45, 7) is 27.7. The molecule has 4 atom stereocenters. The van der Waals surface area contributed by atoms with Crippen LogP contribution in [0.3, 0.4) is 0 Å². The summed E-state index contributed by atoms with van der Waals surface area (Å²) in [5, 5.41) is 0. The average molecular weight is 462 g/mol. The van der Waals surface area contributed by atoms with E-state index in [1.807, 2.05) is 0 Å². The zero-order valence-electron chi connectivity index (χ0n) is 19.4. The monoisotopic (exact) mass is 460 g/mol. The molecule has 1 aliphatic rings. The van der Waals surface area contributed by atoms with E-state index in [-0.39, 0.29) is 26.2 Å². The molecule has 0 amide bonds. The molecule has 0 bridgehead atoms. The summed E-state index contributed by atoms with van der Waals surface area (Å²) in [6.07, 6.45) is 4.56. The number of hydrogen-bond donors (Lipinski definition) is 0. The van der Waals surface area contributed by atoms with E-state index in [4.69, 9.17) is 9.72 Å².